The molecule has 1 N–H and O–H groups in total. The smallest absolute Gasteiger partial charge is 0.323 e. The zero-order valence-electron chi connectivity index (χ0n) is 12.0. The molecule has 2 rings (SSSR count). The van der Waals surface area contributed by atoms with Crippen LogP contribution in [0.3, 0.4) is 0 Å². The van der Waals surface area contributed by atoms with Crippen LogP contribution in [0.15, 0.2) is 18.2 Å². The first-order valence-electron chi connectivity index (χ1n) is 6.78. The number of esters is 1. The number of ether oxygens (including phenoxy) is 2. The van der Waals surface area contributed by atoms with Crippen molar-refractivity contribution in [3.05, 3.63) is 28.8 Å². The molecule has 1 aliphatic rings. The Bertz CT molecular complexity index is 490. The number of hydrogen-bond donors (Lipinski definition) is 1. The van der Waals surface area contributed by atoms with E-state index in [4.69, 9.17) is 21.1 Å². The molecule has 20 heavy (non-hydrogen) atoms. The number of carbonyl (C=O) groups excluding carboxylic acids is 1. The second-order valence-electron chi connectivity index (χ2n) is 5.30. The van der Waals surface area contributed by atoms with E-state index in [0.717, 1.165) is 0 Å². The lowest BCUT2D eigenvalue weighted by Crippen LogP contribution is -2.31. The first kappa shape index (κ1) is 15.1. The van der Waals surface area contributed by atoms with E-state index < -0.39 is 0 Å². The minimum Gasteiger partial charge on any atom is -0.487 e. The fourth-order valence-corrected chi connectivity index (χ4v) is 2.50. The molecule has 0 saturated carbocycles. The molecule has 0 aromatic heterocycles. The minimum atomic E-state index is -0.293. The second-order valence-corrected chi connectivity index (χ2v) is 5.71. The predicted molar refractivity (Wildman–Crippen MR) is 78.4 cm³/mol. The van der Waals surface area contributed by atoms with Crippen LogP contribution in [0.25, 0.3) is 0 Å². The molecule has 0 amide bonds. The maximum absolute atomic E-state index is 11.4. The summed E-state index contributed by atoms with van der Waals surface area (Å²) in [5.74, 6) is 0.837. The van der Waals surface area contributed by atoms with Crippen molar-refractivity contribution in [2.75, 3.05) is 13.7 Å². The maximum Gasteiger partial charge on any atom is 0.323 e. The molecule has 1 aromatic rings. The molecule has 0 aliphatic carbocycles. The van der Waals surface area contributed by atoms with Gasteiger partial charge in [-0.25, -0.2) is 0 Å². The van der Waals surface area contributed by atoms with Gasteiger partial charge in [-0.15, -0.1) is 0 Å². The first-order chi connectivity index (χ1) is 9.51. The molecule has 0 radical (unpaired) electrons. The van der Waals surface area contributed by atoms with Crippen molar-refractivity contribution in [3.8, 4) is 5.75 Å². The zero-order chi connectivity index (χ0) is 14.7. The fraction of sp³-hybridized carbons (Fsp3) is 0.533. The summed E-state index contributed by atoms with van der Waals surface area (Å²) >= 11 is 6.24. The Labute approximate surface area is 124 Å². The fourth-order valence-electron chi connectivity index (χ4n) is 2.27. The third-order valence-corrected chi connectivity index (χ3v) is 3.79. The number of carbonyl (C=O) groups is 1. The monoisotopic (exact) mass is 297 g/mol. The molecule has 110 valence electrons. The van der Waals surface area contributed by atoms with Crippen LogP contribution in [-0.4, -0.2) is 31.8 Å². The van der Waals surface area contributed by atoms with Crippen molar-refractivity contribution in [3.63, 3.8) is 0 Å². The number of halogens is 1. The van der Waals surface area contributed by atoms with E-state index in [1.165, 1.54) is 12.7 Å². The lowest BCUT2D eigenvalue weighted by atomic mass is 10.0. The highest BCUT2D eigenvalue weighted by molar-refractivity contribution is 6.32. The summed E-state index contributed by atoms with van der Waals surface area (Å²) in [6.07, 6.45) is 0.524. The average Bonchev–Trinajstić information content (AvgIpc) is 2.88. The number of rotatable bonds is 4. The van der Waals surface area contributed by atoms with Crippen LogP contribution in [0, 0.1) is 0 Å². The van der Waals surface area contributed by atoms with Crippen LogP contribution in [0.5, 0.6) is 5.75 Å². The van der Waals surface area contributed by atoms with Crippen molar-refractivity contribution >= 4 is 17.6 Å². The Hall–Kier alpha value is -1.26. The van der Waals surface area contributed by atoms with Crippen molar-refractivity contribution < 1.29 is 14.3 Å². The largest absolute Gasteiger partial charge is 0.487 e. The molecule has 1 heterocycles. The van der Waals surface area contributed by atoms with E-state index in [0.29, 0.717) is 29.7 Å². The van der Waals surface area contributed by atoms with Crippen molar-refractivity contribution in [1.82, 2.24) is 5.32 Å². The third-order valence-electron chi connectivity index (χ3n) is 3.49. The standard InChI is InChI=1S/C15H20ClNO3/c1-9(2)10-4-5-14(12(16)6-10)20-11-7-13(17-8-11)15(18)19-3/h4-6,9,11,13,17H,7-8H2,1-3H3/t11-,13-/m0/s1. The van der Waals surface area contributed by atoms with Crippen LogP contribution < -0.4 is 10.1 Å². The number of benzene rings is 1. The van der Waals surface area contributed by atoms with Crippen LogP contribution in [0.1, 0.15) is 31.7 Å². The SMILES string of the molecule is COC(=O)[C@@H]1C[C@H](Oc2ccc(C(C)C)cc2Cl)CN1. The molecule has 1 fully saturated rings. The van der Waals surface area contributed by atoms with E-state index in [-0.39, 0.29) is 18.1 Å². The summed E-state index contributed by atoms with van der Waals surface area (Å²) in [7, 11) is 1.39. The summed E-state index contributed by atoms with van der Waals surface area (Å²) in [4.78, 5) is 11.4. The van der Waals surface area contributed by atoms with Gasteiger partial charge in [0.1, 0.15) is 17.9 Å². The summed E-state index contributed by atoms with van der Waals surface area (Å²) in [6.45, 7) is 4.85. The Morgan fingerprint density at radius 2 is 2.20 bits per heavy atom. The highest BCUT2D eigenvalue weighted by Gasteiger charge is 2.31. The van der Waals surface area contributed by atoms with E-state index in [2.05, 4.69) is 19.2 Å². The van der Waals surface area contributed by atoms with Crippen LogP contribution >= 0.6 is 11.6 Å². The van der Waals surface area contributed by atoms with Gasteiger partial charge in [0.15, 0.2) is 0 Å². The van der Waals surface area contributed by atoms with Gasteiger partial charge in [0, 0.05) is 13.0 Å². The maximum atomic E-state index is 11.4. The van der Waals surface area contributed by atoms with Gasteiger partial charge >= 0.3 is 5.97 Å². The van der Waals surface area contributed by atoms with Crippen molar-refractivity contribution in [2.24, 2.45) is 0 Å². The molecular formula is C15H20ClNO3. The minimum absolute atomic E-state index is 0.0681. The Morgan fingerprint density at radius 1 is 1.45 bits per heavy atom. The molecule has 1 aromatic carbocycles. The molecular weight excluding hydrogens is 278 g/mol. The summed E-state index contributed by atoms with van der Waals surface area (Å²) < 4.78 is 10.6. The summed E-state index contributed by atoms with van der Waals surface area (Å²) in [5.41, 5.74) is 1.18. The topological polar surface area (TPSA) is 47.6 Å². The number of nitrogens with one attached hydrogen (secondary N) is 1. The van der Waals surface area contributed by atoms with E-state index in [1.54, 1.807) is 0 Å². The highest BCUT2D eigenvalue weighted by atomic mass is 35.5. The van der Waals surface area contributed by atoms with E-state index in [9.17, 15) is 4.79 Å². The molecule has 1 saturated heterocycles. The molecule has 1 aliphatic heterocycles. The third kappa shape index (κ3) is 3.44. The van der Waals surface area contributed by atoms with Crippen LogP contribution in [0.2, 0.25) is 5.02 Å². The van der Waals surface area contributed by atoms with Crippen LogP contribution in [0.4, 0.5) is 0 Å². The van der Waals surface area contributed by atoms with Gasteiger partial charge in [0.2, 0.25) is 0 Å². The summed E-state index contributed by atoms with van der Waals surface area (Å²) in [6, 6.07) is 5.55. The van der Waals surface area contributed by atoms with Crippen molar-refractivity contribution in [1.29, 1.82) is 0 Å². The van der Waals surface area contributed by atoms with Gasteiger partial charge in [-0.1, -0.05) is 31.5 Å². The average molecular weight is 298 g/mol. The van der Waals surface area contributed by atoms with Gasteiger partial charge in [-0.05, 0) is 23.6 Å². The lowest BCUT2D eigenvalue weighted by molar-refractivity contribution is -0.142. The second kappa shape index (κ2) is 6.46. The molecule has 2 atom stereocenters. The quantitative estimate of drug-likeness (QED) is 0.868. The molecule has 0 unspecified atom stereocenters. The van der Waals surface area contributed by atoms with Gasteiger partial charge in [0.05, 0.1) is 12.1 Å². The molecule has 4 nitrogen and oxygen atoms in total. The summed E-state index contributed by atoms with van der Waals surface area (Å²) in [5, 5.41) is 3.69. The van der Waals surface area contributed by atoms with E-state index in [1.807, 2.05) is 18.2 Å². The highest BCUT2D eigenvalue weighted by Crippen LogP contribution is 2.30. The normalized spacial score (nSPS) is 22.1. The lowest BCUT2D eigenvalue weighted by Gasteiger charge is -2.15. The Kier molecular flexibility index (Phi) is 4.89. The zero-order valence-corrected chi connectivity index (χ0v) is 12.7. The van der Waals surface area contributed by atoms with Gasteiger partial charge in [-0.2, -0.15) is 0 Å². The van der Waals surface area contributed by atoms with E-state index >= 15 is 0 Å². The molecule has 0 bridgehead atoms. The van der Waals surface area contributed by atoms with Crippen molar-refractivity contribution in [2.45, 2.75) is 38.3 Å². The van der Waals surface area contributed by atoms with Crippen LogP contribution in [-0.2, 0) is 9.53 Å². The van der Waals surface area contributed by atoms with Gasteiger partial charge in [0.25, 0.3) is 0 Å². The van der Waals surface area contributed by atoms with Gasteiger partial charge in [-0.3, -0.25) is 4.79 Å². The first-order valence-corrected chi connectivity index (χ1v) is 7.16. The molecule has 5 heteroatoms. The number of methoxy groups -OCH3 is 1. The number of hydrogen-bond acceptors (Lipinski definition) is 4. The van der Waals surface area contributed by atoms with Gasteiger partial charge < -0.3 is 14.8 Å². The Balaban J connectivity index is 1.99. The predicted octanol–water partition coefficient (Wildman–Crippen LogP) is 2.75. The molecule has 0 spiro atoms. The Morgan fingerprint density at radius 3 is 2.80 bits per heavy atom.